The second-order valence-corrected chi connectivity index (χ2v) is 4.38. The van der Waals surface area contributed by atoms with Crippen molar-refractivity contribution in [2.75, 3.05) is 0 Å². The van der Waals surface area contributed by atoms with Crippen molar-refractivity contribution in [1.29, 1.82) is 0 Å². The minimum absolute atomic E-state index is 0.378. The van der Waals surface area contributed by atoms with Crippen LogP contribution in [-0.4, -0.2) is 16.3 Å². The number of rotatable bonds is 2. The standard InChI is InChI=1S/C9H4Cl2N2OS/c10-5-1-7(11)8(12-2-5)9-13-6(3-14)4-15-9/h1-4H. The van der Waals surface area contributed by atoms with Crippen LogP contribution in [0.4, 0.5) is 0 Å². The Labute approximate surface area is 99.7 Å². The van der Waals surface area contributed by atoms with Gasteiger partial charge in [0.2, 0.25) is 0 Å². The number of carbonyl (C=O) groups excluding carboxylic acids is 1. The Bertz CT molecular complexity index is 513. The molecule has 15 heavy (non-hydrogen) atoms. The van der Waals surface area contributed by atoms with Gasteiger partial charge in [0.05, 0.1) is 10.0 Å². The van der Waals surface area contributed by atoms with Crippen molar-refractivity contribution < 1.29 is 4.79 Å². The summed E-state index contributed by atoms with van der Waals surface area (Å²) in [4.78, 5) is 18.6. The number of hydrogen-bond donors (Lipinski definition) is 0. The average Bonchev–Trinajstić information content (AvgIpc) is 2.66. The van der Waals surface area contributed by atoms with E-state index in [1.54, 1.807) is 11.4 Å². The Morgan fingerprint density at radius 2 is 2.20 bits per heavy atom. The van der Waals surface area contributed by atoms with Gasteiger partial charge in [-0.1, -0.05) is 23.2 Å². The predicted molar refractivity (Wildman–Crippen MR) is 60.8 cm³/mol. The van der Waals surface area contributed by atoms with E-state index < -0.39 is 0 Å². The van der Waals surface area contributed by atoms with Crippen molar-refractivity contribution in [3.63, 3.8) is 0 Å². The molecule has 0 bridgehead atoms. The van der Waals surface area contributed by atoms with Crippen LogP contribution >= 0.6 is 34.5 Å². The van der Waals surface area contributed by atoms with Crippen molar-refractivity contribution in [3.8, 4) is 10.7 Å². The number of pyridine rings is 1. The van der Waals surface area contributed by atoms with Crippen LogP contribution in [0.3, 0.4) is 0 Å². The molecule has 2 heterocycles. The zero-order valence-corrected chi connectivity index (χ0v) is 9.60. The first-order valence-corrected chi connectivity index (χ1v) is 5.56. The summed E-state index contributed by atoms with van der Waals surface area (Å²) in [7, 11) is 0. The van der Waals surface area contributed by atoms with Crippen molar-refractivity contribution in [1.82, 2.24) is 9.97 Å². The topological polar surface area (TPSA) is 42.9 Å². The highest BCUT2D eigenvalue weighted by molar-refractivity contribution is 7.13. The first-order valence-electron chi connectivity index (χ1n) is 3.93. The zero-order chi connectivity index (χ0) is 10.8. The molecule has 0 aliphatic rings. The average molecular weight is 259 g/mol. The van der Waals surface area contributed by atoms with Crippen molar-refractivity contribution in [2.24, 2.45) is 0 Å². The van der Waals surface area contributed by atoms with Gasteiger partial charge in [-0.15, -0.1) is 11.3 Å². The lowest BCUT2D eigenvalue weighted by Gasteiger charge is -1.98. The summed E-state index contributed by atoms with van der Waals surface area (Å²) in [6.07, 6.45) is 2.18. The molecule has 0 fully saturated rings. The highest BCUT2D eigenvalue weighted by atomic mass is 35.5. The van der Waals surface area contributed by atoms with Gasteiger partial charge < -0.3 is 0 Å². The van der Waals surface area contributed by atoms with E-state index in [-0.39, 0.29) is 0 Å². The number of nitrogens with zero attached hydrogens (tertiary/aromatic N) is 2. The largest absolute Gasteiger partial charge is 0.296 e. The van der Waals surface area contributed by atoms with Crippen molar-refractivity contribution >= 4 is 40.8 Å². The number of hydrogen-bond acceptors (Lipinski definition) is 4. The molecular weight excluding hydrogens is 255 g/mol. The van der Waals surface area contributed by atoms with Crippen LogP contribution in [-0.2, 0) is 0 Å². The lowest BCUT2D eigenvalue weighted by atomic mass is 10.3. The van der Waals surface area contributed by atoms with Gasteiger partial charge in [-0.25, -0.2) is 4.98 Å². The van der Waals surface area contributed by atoms with Gasteiger partial charge in [0.15, 0.2) is 6.29 Å². The molecule has 76 valence electrons. The molecule has 0 N–H and O–H groups in total. The Hall–Kier alpha value is -0.970. The Morgan fingerprint density at radius 1 is 1.40 bits per heavy atom. The summed E-state index contributed by atoms with van der Waals surface area (Å²) in [6.45, 7) is 0. The first kappa shape index (κ1) is 10.5. The van der Waals surface area contributed by atoms with E-state index in [0.717, 1.165) is 0 Å². The molecule has 0 aromatic carbocycles. The molecule has 6 heteroatoms. The van der Waals surface area contributed by atoms with Gasteiger partial charge in [0.1, 0.15) is 16.4 Å². The molecule has 2 aromatic rings. The summed E-state index contributed by atoms with van der Waals surface area (Å²) in [6, 6.07) is 1.59. The number of aromatic nitrogens is 2. The van der Waals surface area contributed by atoms with Crippen LogP contribution in [0.1, 0.15) is 10.5 Å². The summed E-state index contributed by atoms with van der Waals surface area (Å²) in [5.41, 5.74) is 0.919. The monoisotopic (exact) mass is 258 g/mol. The van der Waals surface area contributed by atoms with E-state index in [0.29, 0.717) is 32.7 Å². The highest BCUT2D eigenvalue weighted by Gasteiger charge is 2.10. The van der Waals surface area contributed by atoms with Crippen LogP contribution < -0.4 is 0 Å². The second kappa shape index (κ2) is 4.26. The van der Waals surface area contributed by atoms with Gasteiger partial charge in [0, 0.05) is 11.6 Å². The quantitative estimate of drug-likeness (QED) is 0.777. The molecule has 0 aliphatic carbocycles. The summed E-state index contributed by atoms with van der Waals surface area (Å²) in [5, 5.41) is 3.15. The molecule has 0 unspecified atom stereocenters. The third kappa shape index (κ3) is 2.17. The molecule has 2 aromatic heterocycles. The zero-order valence-electron chi connectivity index (χ0n) is 7.28. The molecule has 0 aliphatic heterocycles. The Morgan fingerprint density at radius 3 is 2.80 bits per heavy atom. The Balaban J connectivity index is 2.49. The maximum Gasteiger partial charge on any atom is 0.169 e. The SMILES string of the molecule is O=Cc1csc(-c2ncc(Cl)cc2Cl)n1. The van der Waals surface area contributed by atoms with Crippen LogP contribution in [0.2, 0.25) is 10.0 Å². The van der Waals surface area contributed by atoms with E-state index in [1.165, 1.54) is 17.5 Å². The molecule has 0 spiro atoms. The molecule has 2 rings (SSSR count). The van der Waals surface area contributed by atoms with Crippen LogP contribution in [0.15, 0.2) is 17.6 Å². The van der Waals surface area contributed by atoms with E-state index >= 15 is 0 Å². The van der Waals surface area contributed by atoms with Crippen LogP contribution in [0, 0.1) is 0 Å². The highest BCUT2D eigenvalue weighted by Crippen LogP contribution is 2.29. The van der Waals surface area contributed by atoms with Gasteiger partial charge in [0.25, 0.3) is 0 Å². The van der Waals surface area contributed by atoms with Crippen molar-refractivity contribution in [2.45, 2.75) is 0 Å². The molecular formula is C9H4Cl2N2OS. The smallest absolute Gasteiger partial charge is 0.169 e. The summed E-state index contributed by atoms with van der Waals surface area (Å²) >= 11 is 13.0. The molecule has 0 saturated carbocycles. The van der Waals surface area contributed by atoms with E-state index in [9.17, 15) is 4.79 Å². The summed E-state index contributed by atoms with van der Waals surface area (Å²) < 4.78 is 0. The van der Waals surface area contributed by atoms with E-state index in [2.05, 4.69) is 9.97 Å². The second-order valence-electron chi connectivity index (χ2n) is 2.68. The fourth-order valence-corrected chi connectivity index (χ4v) is 2.32. The first-order chi connectivity index (χ1) is 7.20. The lowest BCUT2D eigenvalue weighted by Crippen LogP contribution is -1.85. The van der Waals surface area contributed by atoms with Gasteiger partial charge in [-0.2, -0.15) is 0 Å². The van der Waals surface area contributed by atoms with Crippen LogP contribution in [0.25, 0.3) is 10.7 Å². The molecule has 0 radical (unpaired) electrons. The van der Waals surface area contributed by atoms with E-state index in [1.807, 2.05) is 0 Å². The van der Waals surface area contributed by atoms with Crippen LogP contribution in [0.5, 0.6) is 0 Å². The molecule has 0 saturated heterocycles. The van der Waals surface area contributed by atoms with Gasteiger partial charge in [-0.3, -0.25) is 9.78 Å². The third-order valence-corrected chi connectivity index (χ3v) is 3.02. The summed E-state index contributed by atoms with van der Waals surface area (Å²) in [5.74, 6) is 0. The number of halogens is 2. The molecule has 3 nitrogen and oxygen atoms in total. The molecule has 0 amide bonds. The van der Waals surface area contributed by atoms with E-state index in [4.69, 9.17) is 23.2 Å². The fraction of sp³-hybridized carbons (Fsp3) is 0. The maximum absolute atomic E-state index is 10.5. The number of carbonyl (C=O) groups is 1. The lowest BCUT2D eigenvalue weighted by molar-refractivity contribution is 0.111. The minimum atomic E-state index is 0.378. The van der Waals surface area contributed by atoms with Gasteiger partial charge >= 0.3 is 0 Å². The minimum Gasteiger partial charge on any atom is -0.296 e. The van der Waals surface area contributed by atoms with Gasteiger partial charge in [-0.05, 0) is 6.07 Å². The number of aldehydes is 1. The fourth-order valence-electron chi connectivity index (χ4n) is 1.02. The maximum atomic E-state index is 10.5. The number of thiazole rings is 1. The predicted octanol–water partition coefficient (Wildman–Crippen LogP) is 3.32. The third-order valence-electron chi connectivity index (χ3n) is 1.65. The Kier molecular flexibility index (Phi) is 3.00. The molecule has 0 atom stereocenters. The normalized spacial score (nSPS) is 10.3. The van der Waals surface area contributed by atoms with Crippen molar-refractivity contribution in [3.05, 3.63) is 33.4 Å².